The van der Waals surface area contributed by atoms with Crippen LogP contribution in [0.25, 0.3) is 11.3 Å². The third kappa shape index (κ3) is 3.06. The molecular formula is C20H25N3O2. The van der Waals surface area contributed by atoms with Crippen molar-refractivity contribution in [1.29, 1.82) is 0 Å². The molecule has 0 radical (unpaired) electrons. The highest BCUT2D eigenvalue weighted by atomic mass is 16.3. The van der Waals surface area contributed by atoms with E-state index in [1.165, 1.54) is 0 Å². The van der Waals surface area contributed by atoms with Gasteiger partial charge in [0.25, 0.3) is 5.91 Å². The second-order valence-electron chi connectivity index (χ2n) is 7.64. The summed E-state index contributed by atoms with van der Waals surface area (Å²) in [5, 5.41) is 10.4. The second kappa shape index (κ2) is 6.06. The standard InChI is InChI=1S/C20H25N3O2/c1-12-10-20(3,4)23(11-12)19-15(18(21)25)8-9-16(22-19)14-7-5-6-13(2)17(14)24/h5-9,12,24H,10-11H2,1-4H3,(H2,21,25)/t12-/m0/s1. The fourth-order valence-electron chi connectivity index (χ4n) is 3.82. The molecule has 1 saturated heterocycles. The van der Waals surface area contributed by atoms with Crippen LogP contribution in [0.2, 0.25) is 0 Å². The Morgan fingerprint density at radius 2 is 2.04 bits per heavy atom. The number of nitrogens with zero attached hydrogens (tertiary/aromatic N) is 2. The summed E-state index contributed by atoms with van der Waals surface area (Å²) in [7, 11) is 0. The number of carbonyl (C=O) groups is 1. The highest BCUT2D eigenvalue weighted by molar-refractivity contribution is 5.98. The van der Waals surface area contributed by atoms with E-state index < -0.39 is 5.91 Å². The topological polar surface area (TPSA) is 79.5 Å². The average molecular weight is 339 g/mol. The Kier molecular flexibility index (Phi) is 4.19. The van der Waals surface area contributed by atoms with E-state index >= 15 is 0 Å². The average Bonchev–Trinajstić information content (AvgIpc) is 2.81. The Morgan fingerprint density at radius 1 is 1.32 bits per heavy atom. The predicted octanol–water partition coefficient (Wildman–Crippen LogP) is 3.49. The summed E-state index contributed by atoms with van der Waals surface area (Å²) >= 11 is 0. The third-order valence-electron chi connectivity index (χ3n) is 4.98. The van der Waals surface area contributed by atoms with Gasteiger partial charge in [-0.25, -0.2) is 4.98 Å². The van der Waals surface area contributed by atoms with E-state index in [4.69, 9.17) is 10.7 Å². The number of rotatable bonds is 3. The van der Waals surface area contributed by atoms with Crippen molar-refractivity contribution >= 4 is 11.7 Å². The lowest BCUT2D eigenvalue weighted by Gasteiger charge is -2.33. The van der Waals surface area contributed by atoms with E-state index in [-0.39, 0.29) is 11.3 Å². The van der Waals surface area contributed by atoms with Crippen LogP contribution in [0.3, 0.4) is 0 Å². The number of aromatic hydroxyl groups is 1. The van der Waals surface area contributed by atoms with Crippen molar-refractivity contribution in [2.45, 2.75) is 39.7 Å². The van der Waals surface area contributed by atoms with E-state index in [1.807, 2.05) is 25.1 Å². The molecule has 1 aliphatic rings. The first-order valence-electron chi connectivity index (χ1n) is 8.58. The van der Waals surface area contributed by atoms with Crippen LogP contribution in [0.4, 0.5) is 5.82 Å². The maximum Gasteiger partial charge on any atom is 0.252 e. The molecule has 1 atom stereocenters. The smallest absolute Gasteiger partial charge is 0.252 e. The highest BCUT2D eigenvalue weighted by Gasteiger charge is 2.38. The lowest BCUT2D eigenvalue weighted by Crippen LogP contribution is -2.40. The summed E-state index contributed by atoms with van der Waals surface area (Å²) in [6, 6.07) is 9.01. The minimum Gasteiger partial charge on any atom is -0.507 e. The number of anilines is 1. The molecule has 132 valence electrons. The number of pyridine rings is 1. The van der Waals surface area contributed by atoms with Crippen LogP contribution in [-0.4, -0.2) is 28.1 Å². The van der Waals surface area contributed by atoms with E-state index in [2.05, 4.69) is 25.7 Å². The fraction of sp³-hybridized carbons (Fsp3) is 0.400. The van der Waals surface area contributed by atoms with Gasteiger partial charge in [0.1, 0.15) is 11.6 Å². The molecule has 0 aliphatic carbocycles. The summed E-state index contributed by atoms with van der Waals surface area (Å²) in [5.74, 6) is 0.827. The van der Waals surface area contributed by atoms with Crippen molar-refractivity contribution in [2.24, 2.45) is 11.7 Å². The number of carbonyl (C=O) groups excluding carboxylic acids is 1. The Hall–Kier alpha value is -2.56. The molecule has 1 amide bonds. The number of phenols is 1. The summed E-state index contributed by atoms with van der Waals surface area (Å²) in [6.07, 6.45) is 1.02. The lowest BCUT2D eigenvalue weighted by molar-refractivity contribution is 0.100. The molecule has 2 heterocycles. The molecule has 0 saturated carbocycles. The number of hydrogen-bond donors (Lipinski definition) is 2. The first-order valence-corrected chi connectivity index (χ1v) is 8.58. The van der Waals surface area contributed by atoms with Gasteiger partial charge in [0.15, 0.2) is 0 Å². The molecule has 25 heavy (non-hydrogen) atoms. The molecule has 0 bridgehead atoms. The molecule has 3 N–H and O–H groups in total. The minimum atomic E-state index is -0.488. The fourth-order valence-corrected chi connectivity index (χ4v) is 3.82. The van der Waals surface area contributed by atoms with Gasteiger partial charge in [-0.05, 0) is 56.9 Å². The Morgan fingerprint density at radius 3 is 2.64 bits per heavy atom. The minimum absolute atomic E-state index is 0.107. The first kappa shape index (κ1) is 17.3. The van der Waals surface area contributed by atoms with E-state index in [0.717, 1.165) is 18.5 Å². The van der Waals surface area contributed by atoms with Crippen LogP contribution in [0, 0.1) is 12.8 Å². The Bertz CT molecular complexity index is 830. The maximum atomic E-state index is 11.9. The zero-order chi connectivity index (χ0) is 18.4. The summed E-state index contributed by atoms with van der Waals surface area (Å²) in [4.78, 5) is 18.9. The molecule has 5 heteroatoms. The van der Waals surface area contributed by atoms with Gasteiger partial charge in [-0.2, -0.15) is 0 Å². The third-order valence-corrected chi connectivity index (χ3v) is 4.98. The Labute approximate surface area is 148 Å². The van der Waals surface area contributed by atoms with Gasteiger partial charge in [-0.3, -0.25) is 4.79 Å². The molecule has 1 aromatic heterocycles. The SMILES string of the molecule is Cc1cccc(-c2ccc(C(N)=O)c(N3C[C@@H](C)CC3(C)C)n2)c1O. The molecule has 3 rings (SSSR count). The maximum absolute atomic E-state index is 11.9. The van der Waals surface area contributed by atoms with Crippen molar-refractivity contribution in [1.82, 2.24) is 4.98 Å². The van der Waals surface area contributed by atoms with Gasteiger partial charge in [-0.1, -0.05) is 19.1 Å². The van der Waals surface area contributed by atoms with E-state index in [1.54, 1.807) is 12.1 Å². The van der Waals surface area contributed by atoms with Gasteiger partial charge in [-0.15, -0.1) is 0 Å². The molecular weight excluding hydrogens is 314 g/mol. The van der Waals surface area contributed by atoms with Crippen LogP contribution in [0.5, 0.6) is 5.75 Å². The predicted molar refractivity (Wildman–Crippen MR) is 99.8 cm³/mol. The lowest BCUT2D eigenvalue weighted by atomic mass is 9.97. The number of para-hydroxylation sites is 1. The van der Waals surface area contributed by atoms with Crippen molar-refractivity contribution in [3.63, 3.8) is 0 Å². The number of hydrogen-bond acceptors (Lipinski definition) is 4. The highest BCUT2D eigenvalue weighted by Crippen LogP contribution is 2.39. The van der Waals surface area contributed by atoms with Crippen LogP contribution < -0.4 is 10.6 Å². The summed E-state index contributed by atoms with van der Waals surface area (Å²) in [6.45, 7) is 9.17. The van der Waals surface area contributed by atoms with Gasteiger partial charge < -0.3 is 15.7 Å². The van der Waals surface area contributed by atoms with Gasteiger partial charge in [0, 0.05) is 17.6 Å². The first-order chi connectivity index (χ1) is 11.7. The summed E-state index contributed by atoms with van der Waals surface area (Å²) < 4.78 is 0. The van der Waals surface area contributed by atoms with Crippen LogP contribution in [0.15, 0.2) is 30.3 Å². The number of benzene rings is 1. The molecule has 2 aromatic rings. The zero-order valence-corrected chi connectivity index (χ0v) is 15.2. The molecule has 0 spiro atoms. The number of nitrogens with two attached hydrogens (primary N) is 1. The van der Waals surface area contributed by atoms with Crippen molar-refractivity contribution < 1.29 is 9.90 Å². The molecule has 1 aliphatic heterocycles. The largest absolute Gasteiger partial charge is 0.507 e. The van der Waals surface area contributed by atoms with Gasteiger partial charge in [0.2, 0.25) is 0 Å². The van der Waals surface area contributed by atoms with Gasteiger partial charge in [0.05, 0.1) is 11.3 Å². The molecule has 1 fully saturated rings. The number of amides is 1. The monoisotopic (exact) mass is 339 g/mol. The number of phenolic OH excluding ortho intramolecular Hbond substituents is 1. The zero-order valence-electron chi connectivity index (χ0n) is 15.2. The van der Waals surface area contributed by atoms with E-state index in [9.17, 15) is 9.90 Å². The number of aryl methyl sites for hydroxylation is 1. The van der Waals surface area contributed by atoms with Crippen molar-refractivity contribution in [3.8, 4) is 17.0 Å². The van der Waals surface area contributed by atoms with Gasteiger partial charge >= 0.3 is 0 Å². The number of primary amides is 1. The molecule has 1 aromatic carbocycles. The van der Waals surface area contributed by atoms with E-state index in [0.29, 0.717) is 28.6 Å². The van der Waals surface area contributed by atoms with Crippen molar-refractivity contribution in [3.05, 3.63) is 41.5 Å². The summed E-state index contributed by atoms with van der Waals surface area (Å²) in [5.41, 5.74) is 7.98. The van der Waals surface area contributed by atoms with Crippen LogP contribution >= 0.6 is 0 Å². The molecule has 5 nitrogen and oxygen atoms in total. The molecule has 0 unspecified atom stereocenters. The van der Waals surface area contributed by atoms with Crippen molar-refractivity contribution in [2.75, 3.05) is 11.4 Å². The second-order valence-corrected chi connectivity index (χ2v) is 7.64. The number of aromatic nitrogens is 1. The quantitative estimate of drug-likeness (QED) is 0.897. The van der Waals surface area contributed by atoms with Crippen LogP contribution in [0.1, 0.15) is 43.1 Å². The normalized spacial score (nSPS) is 19.2. The van der Waals surface area contributed by atoms with Crippen LogP contribution in [-0.2, 0) is 0 Å². The Balaban J connectivity index is 2.16.